The van der Waals surface area contributed by atoms with Crippen LogP contribution in [0.2, 0.25) is 5.02 Å². The summed E-state index contributed by atoms with van der Waals surface area (Å²) in [6.45, 7) is 3.34. The van der Waals surface area contributed by atoms with E-state index in [1.807, 2.05) is 44.3 Å². The molecule has 1 saturated heterocycles. The van der Waals surface area contributed by atoms with Gasteiger partial charge in [0.15, 0.2) is 6.61 Å². The van der Waals surface area contributed by atoms with Crippen LogP contribution in [-0.4, -0.2) is 37.6 Å². The number of likely N-dealkylation sites (tertiary alicyclic amines) is 1. The number of hydrogen-bond donors (Lipinski definition) is 1. The maximum absolute atomic E-state index is 13.9. The fraction of sp³-hybridized carbons (Fsp3) is 0.381. The number of para-hydroxylation sites is 1. The number of halogens is 2. The van der Waals surface area contributed by atoms with E-state index in [1.54, 1.807) is 6.07 Å². The van der Waals surface area contributed by atoms with E-state index in [-0.39, 0.29) is 29.5 Å². The van der Waals surface area contributed by atoms with Crippen LogP contribution in [-0.2, 0) is 4.79 Å². The molecule has 1 fully saturated rings. The predicted octanol–water partition coefficient (Wildman–Crippen LogP) is 3.98. The minimum atomic E-state index is -0.413. The number of nitrogens with zero attached hydrogens (tertiary/aromatic N) is 1. The van der Waals surface area contributed by atoms with Gasteiger partial charge in [-0.1, -0.05) is 35.9 Å². The van der Waals surface area contributed by atoms with Gasteiger partial charge in [-0.2, -0.15) is 0 Å². The molecule has 144 valence electrons. The number of carbonyl (C=O) groups is 1. The molecule has 4 nitrogen and oxygen atoms in total. The molecule has 1 amide bonds. The Labute approximate surface area is 164 Å². The quantitative estimate of drug-likeness (QED) is 0.811. The smallest absolute Gasteiger partial charge is 0.257 e. The van der Waals surface area contributed by atoms with Gasteiger partial charge in [0.05, 0.1) is 5.02 Å². The molecule has 2 aromatic rings. The van der Waals surface area contributed by atoms with Gasteiger partial charge in [0.25, 0.3) is 5.91 Å². The number of benzene rings is 2. The Hall–Kier alpha value is -2.11. The van der Waals surface area contributed by atoms with Crippen LogP contribution in [0, 0.1) is 18.7 Å². The molecule has 0 saturated carbocycles. The molecule has 1 aliphatic heterocycles. The minimum absolute atomic E-state index is 0.0202. The number of aryl methyl sites for hydroxylation is 1. The number of ether oxygens (including phenoxy) is 1. The lowest BCUT2D eigenvalue weighted by atomic mass is 9.93. The Morgan fingerprint density at radius 1 is 1.33 bits per heavy atom. The lowest BCUT2D eigenvalue weighted by molar-refractivity contribution is -0.123. The second-order valence-corrected chi connectivity index (χ2v) is 7.41. The molecule has 0 aromatic heterocycles. The SMILES string of the molecule is Cc1ccccc1OCC(=O)NCC1CCN(C)C1c1ccc(Cl)c(F)c1. The third-order valence-electron chi connectivity index (χ3n) is 5.07. The Kier molecular flexibility index (Phi) is 6.34. The molecule has 2 unspecified atom stereocenters. The highest BCUT2D eigenvalue weighted by Crippen LogP contribution is 2.36. The Morgan fingerprint density at radius 3 is 2.85 bits per heavy atom. The molecule has 1 N–H and O–H groups in total. The van der Waals surface area contributed by atoms with Crippen LogP contribution < -0.4 is 10.1 Å². The Morgan fingerprint density at radius 2 is 2.11 bits per heavy atom. The molecule has 0 radical (unpaired) electrons. The average Bonchev–Trinajstić information content (AvgIpc) is 3.02. The van der Waals surface area contributed by atoms with Crippen LogP contribution in [0.15, 0.2) is 42.5 Å². The first-order chi connectivity index (χ1) is 13.0. The van der Waals surface area contributed by atoms with Crippen molar-refractivity contribution >= 4 is 17.5 Å². The molecule has 0 spiro atoms. The number of hydrogen-bond acceptors (Lipinski definition) is 3. The number of carbonyl (C=O) groups excluding carboxylic acids is 1. The number of nitrogens with one attached hydrogen (secondary N) is 1. The first-order valence-corrected chi connectivity index (χ1v) is 9.44. The summed E-state index contributed by atoms with van der Waals surface area (Å²) in [5, 5.41) is 3.07. The predicted molar refractivity (Wildman–Crippen MR) is 105 cm³/mol. The van der Waals surface area contributed by atoms with E-state index < -0.39 is 5.82 Å². The van der Waals surface area contributed by atoms with Crippen molar-refractivity contribution in [3.8, 4) is 5.75 Å². The maximum Gasteiger partial charge on any atom is 0.257 e. The van der Waals surface area contributed by atoms with Gasteiger partial charge in [-0.15, -0.1) is 0 Å². The molecule has 0 aliphatic carbocycles. The highest BCUT2D eigenvalue weighted by Gasteiger charge is 2.33. The summed E-state index contributed by atoms with van der Waals surface area (Å²) >= 11 is 5.80. The van der Waals surface area contributed by atoms with Gasteiger partial charge in [0.2, 0.25) is 0 Å². The topological polar surface area (TPSA) is 41.6 Å². The number of amides is 1. The molecule has 2 aromatic carbocycles. The van der Waals surface area contributed by atoms with E-state index in [0.717, 1.165) is 24.1 Å². The van der Waals surface area contributed by atoms with E-state index in [2.05, 4.69) is 10.2 Å². The summed E-state index contributed by atoms with van der Waals surface area (Å²) in [6, 6.07) is 12.6. The third-order valence-corrected chi connectivity index (χ3v) is 5.38. The lowest BCUT2D eigenvalue weighted by Crippen LogP contribution is -2.35. The summed E-state index contributed by atoms with van der Waals surface area (Å²) in [6.07, 6.45) is 0.935. The third kappa shape index (κ3) is 4.79. The summed E-state index contributed by atoms with van der Waals surface area (Å²) in [4.78, 5) is 14.4. The van der Waals surface area contributed by atoms with Gasteiger partial charge in [-0.25, -0.2) is 4.39 Å². The van der Waals surface area contributed by atoms with Crippen molar-refractivity contribution in [3.63, 3.8) is 0 Å². The van der Waals surface area contributed by atoms with E-state index in [0.29, 0.717) is 12.3 Å². The molecular formula is C21H24ClFN2O2. The normalized spacial score (nSPS) is 19.9. The highest BCUT2D eigenvalue weighted by atomic mass is 35.5. The standard InChI is InChI=1S/C21H24ClFN2O2/c1-14-5-3-4-6-19(14)27-13-20(26)24-12-16-9-10-25(2)21(16)15-7-8-17(22)18(23)11-15/h3-8,11,16,21H,9-10,12-13H2,1-2H3,(H,24,26). The van der Waals surface area contributed by atoms with Gasteiger partial charge in [0, 0.05) is 12.6 Å². The van der Waals surface area contributed by atoms with Crippen molar-refractivity contribution in [2.24, 2.45) is 5.92 Å². The number of rotatable bonds is 6. The maximum atomic E-state index is 13.9. The summed E-state index contributed by atoms with van der Waals surface area (Å²) in [5.74, 6) is 0.346. The molecule has 1 heterocycles. The van der Waals surface area contributed by atoms with Gasteiger partial charge >= 0.3 is 0 Å². The summed E-state index contributed by atoms with van der Waals surface area (Å²) < 4.78 is 19.4. The minimum Gasteiger partial charge on any atom is -0.484 e. The zero-order chi connectivity index (χ0) is 19.4. The highest BCUT2D eigenvalue weighted by molar-refractivity contribution is 6.30. The van der Waals surface area contributed by atoms with Crippen LogP contribution in [0.3, 0.4) is 0 Å². The van der Waals surface area contributed by atoms with Crippen molar-refractivity contribution in [1.29, 1.82) is 0 Å². The van der Waals surface area contributed by atoms with Crippen molar-refractivity contribution in [1.82, 2.24) is 10.2 Å². The summed E-state index contributed by atoms with van der Waals surface area (Å²) in [7, 11) is 2.01. The molecule has 1 aliphatic rings. The van der Waals surface area contributed by atoms with E-state index in [9.17, 15) is 9.18 Å². The van der Waals surface area contributed by atoms with Crippen LogP contribution in [0.5, 0.6) is 5.75 Å². The molecule has 0 bridgehead atoms. The Balaban J connectivity index is 1.56. The zero-order valence-corrected chi connectivity index (χ0v) is 16.3. The van der Waals surface area contributed by atoms with Crippen molar-refractivity contribution < 1.29 is 13.9 Å². The zero-order valence-electron chi connectivity index (χ0n) is 15.5. The fourth-order valence-electron chi connectivity index (χ4n) is 3.62. The molecule has 3 rings (SSSR count). The first kappa shape index (κ1) is 19.6. The van der Waals surface area contributed by atoms with Crippen LogP contribution in [0.25, 0.3) is 0 Å². The van der Waals surface area contributed by atoms with E-state index in [1.165, 1.54) is 6.07 Å². The van der Waals surface area contributed by atoms with Crippen LogP contribution in [0.4, 0.5) is 4.39 Å². The average molecular weight is 391 g/mol. The molecule has 6 heteroatoms. The van der Waals surface area contributed by atoms with Gasteiger partial charge in [-0.05, 0) is 62.2 Å². The second kappa shape index (κ2) is 8.72. The monoisotopic (exact) mass is 390 g/mol. The van der Waals surface area contributed by atoms with E-state index >= 15 is 0 Å². The summed E-state index contributed by atoms with van der Waals surface area (Å²) in [5.41, 5.74) is 1.87. The second-order valence-electron chi connectivity index (χ2n) is 7.01. The van der Waals surface area contributed by atoms with Crippen molar-refractivity contribution in [2.75, 3.05) is 26.7 Å². The lowest BCUT2D eigenvalue weighted by Gasteiger charge is -2.26. The van der Waals surface area contributed by atoms with E-state index in [4.69, 9.17) is 16.3 Å². The van der Waals surface area contributed by atoms with Crippen molar-refractivity contribution in [2.45, 2.75) is 19.4 Å². The fourth-order valence-corrected chi connectivity index (χ4v) is 3.74. The van der Waals surface area contributed by atoms with Crippen molar-refractivity contribution in [3.05, 3.63) is 64.4 Å². The van der Waals surface area contributed by atoms with Crippen LogP contribution in [0.1, 0.15) is 23.6 Å². The first-order valence-electron chi connectivity index (χ1n) is 9.06. The molecule has 27 heavy (non-hydrogen) atoms. The van der Waals surface area contributed by atoms with Gasteiger partial charge < -0.3 is 10.1 Å². The molecular weight excluding hydrogens is 367 g/mol. The molecule has 2 atom stereocenters. The van der Waals surface area contributed by atoms with Gasteiger partial charge in [-0.3, -0.25) is 9.69 Å². The van der Waals surface area contributed by atoms with Gasteiger partial charge in [0.1, 0.15) is 11.6 Å². The Bertz CT molecular complexity index is 815. The van der Waals surface area contributed by atoms with Crippen LogP contribution >= 0.6 is 11.6 Å². The largest absolute Gasteiger partial charge is 0.484 e.